The molecule has 2 unspecified atom stereocenters. The summed E-state index contributed by atoms with van der Waals surface area (Å²) in [5, 5.41) is 8.87. The highest BCUT2D eigenvalue weighted by Crippen LogP contribution is 2.31. The average Bonchev–Trinajstić information content (AvgIpc) is 2.91. The molecular formula is C12H15ClN4O. The van der Waals surface area contributed by atoms with Gasteiger partial charge in [-0.15, -0.1) is 10.2 Å². The molecule has 2 atom stereocenters. The van der Waals surface area contributed by atoms with Crippen LogP contribution in [0.15, 0.2) is 0 Å². The van der Waals surface area contributed by atoms with Gasteiger partial charge >= 0.3 is 0 Å². The summed E-state index contributed by atoms with van der Waals surface area (Å²) < 4.78 is 7.62. The Labute approximate surface area is 110 Å². The molecule has 6 heteroatoms. The first-order chi connectivity index (χ1) is 8.59. The lowest BCUT2D eigenvalue weighted by atomic mass is 10.0. The van der Waals surface area contributed by atoms with E-state index >= 15 is 0 Å². The van der Waals surface area contributed by atoms with Crippen LogP contribution in [0.5, 0.6) is 0 Å². The normalized spacial score (nSPS) is 24.0. The van der Waals surface area contributed by atoms with Gasteiger partial charge in [0.1, 0.15) is 5.82 Å². The number of nitrogens with zero attached hydrogens (tertiary/aromatic N) is 4. The van der Waals surface area contributed by atoms with E-state index in [9.17, 15) is 0 Å². The predicted octanol–water partition coefficient (Wildman–Crippen LogP) is 2.29. The highest BCUT2D eigenvalue weighted by Gasteiger charge is 2.31. The Balaban J connectivity index is 2.25. The molecule has 3 rings (SSSR count). The number of rotatable bonds is 1. The largest absolute Gasteiger partial charge is 0.378 e. The van der Waals surface area contributed by atoms with E-state index in [2.05, 4.69) is 22.1 Å². The SMILES string of the molecule is Cc1nc(Cl)c2nnc(C3CCOC3C)n2c1C. The molecule has 0 spiro atoms. The third-order valence-electron chi connectivity index (χ3n) is 3.71. The lowest BCUT2D eigenvalue weighted by Gasteiger charge is -2.14. The molecule has 1 aliphatic rings. The first-order valence-electron chi connectivity index (χ1n) is 6.09. The number of halogens is 1. The summed E-state index contributed by atoms with van der Waals surface area (Å²) >= 11 is 6.13. The molecule has 18 heavy (non-hydrogen) atoms. The summed E-state index contributed by atoms with van der Waals surface area (Å²) in [4.78, 5) is 4.27. The van der Waals surface area contributed by atoms with Crippen LogP contribution >= 0.6 is 11.6 Å². The highest BCUT2D eigenvalue weighted by atomic mass is 35.5. The molecule has 0 saturated carbocycles. The second-order valence-electron chi connectivity index (χ2n) is 4.76. The quantitative estimate of drug-likeness (QED) is 0.795. The van der Waals surface area contributed by atoms with E-state index in [1.165, 1.54) is 0 Å². The number of aryl methyl sites for hydroxylation is 2. The zero-order valence-corrected chi connectivity index (χ0v) is 11.4. The van der Waals surface area contributed by atoms with Crippen LogP contribution in [-0.4, -0.2) is 32.3 Å². The summed E-state index contributed by atoms with van der Waals surface area (Å²) in [6.45, 7) is 6.80. The fourth-order valence-electron chi connectivity index (χ4n) is 2.51. The first-order valence-corrected chi connectivity index (χ1v) is 6.46. The topological polar surface area (TPSA) is 52.3 Å². The number of aromatic nitrogens is 4. The van der Waals surface area contributed by atoms with Gasteiger partial charge in [-0.25, -0.2) is 4.98 Å². The van der Waals surface area contributed by atoms with Crippen LogP contribution in [0.3, 0.4) is 0 Å². The summed E-state index contributed by atoms with van der Waals surface area (Å²) in [5.74, 6) is 1.21. The van der Waals surface area contributed by atoms with Crippen molar-refractivity contribution in [1.82, 2.24) is 19.6 Å². The minimum absolute atomic E-state index is 0.170. The summed E-state index contributed by atoms with van der Waals surface area (Å²) in [5.41, 5.74) is 2.57. The van der Waals surface area contributed by atoms with Gasteiger partial charge in [0.05, 0.1) is 11.8 Å². The molecule has 0 bridgehead atoms. The van der Waals surface area contributed by atoms with Crippen molar-refractivity contribution in [3.05, 3.63) is 22.4 Å². The highest BCUT2D eigenvalue weighted by molar-refractivity contribution is 6.32. The predicted molar refractivity (Wildman–Crippen MR) is 68.0 cm³/mol. The fraction of sp³-hybridized carbons (Fsp3) is 0.583. The van der Waals surface area contributed by atoms with E-state index in [1.807, 2.05) is 18.2 Å². The Morgan fingerprint density at radius 2 is 2.11 bits per heavy atom. The van der Waals surface area contributed by atoms with Crippen LogP contribution in [0, 0.1) is 13.8 Å². The van der Waals surface area contributed by atoms with Crippen molar-refractivity contribution in [1.29, 1.82) is 0 Å². The van der Waals surface area contributed by atoms with E-state index < -0.39 is 0 Å². The van der Waals surface area contributed by atoms with E-state index in [-0.39, 0.29) is 12.0 Å². The molecule has 0 radical (unpaired) electrons. The Morgan fingerprint density at radius 1 is 1.33 bits per heavy atom. The van der Waals surface area contributed by atoms with Crippen molar-refractivity contribution in [3.8, 4) is 0 Å². The monoisotopic (exact) mass is 266 g/mol. The number of hydrogen-bond donors (Lipinski definition) is 0. The molecule has 1 fully saturated rings. The van der Waals surface area contributed by atoms with Gasteiger partial charge in [0.2, 0.25) is 0 Å². The Kier molecular flexibility index (Phi) is 2.75. The molecule has 0 aliphatic carbocycles. The number of ether oxygens (including phenoxy) is 1. The van der Waals surface area contributed by atoms with Crippen molar-refractivity contribution in [2.45, 2.75) is 39.2 Å². The molecule has 96 valence electrons. The van der Waals surface area contributed by atoms with Gasteiger partial charge in [-0.3, -0.25) is 4.40 Å². The maximum Gasteiger partial charge on any atom is 0.198 e. The number of fused-ring (bicyclic) bond motifs is 1. The molecular weight excluding hydrogens is 252 g/mol. The minimum atomic E-state index is 0.170. The Hall–Kier alpha value is -1.20. The molecule has 2 aromatic heterocycles. The smallest absolute Gasteiger partial charge is 0.198 e. The molecule has 0 aromatic carbocycles. The summed E-state index contributed by atoms with van der Waals surface area (Å²) in [6, 6.07) is 0. The zero-order chi connectivity index (χ0) is 12.9. The van der Waals surface area contributed by atoms with Crippen LogP contribution in [0.1, 0.15) is 36.5 Å². The van der Waals surface area contributed by atoms with Crippen LogP contribution in [0.25, 0.3) is 5.65 Å². The van der Waals surface area contributed by atoms with Gasteiger partial charge in [0.15, 0.2) is 10.8 Å². The van der Waals surface area contributed by atoms with Gasteiger partial charge in [0.25, 0.3) is 0 Å². The summed E-state index contributed by atoms with van der Waals surface area (Å²) in [7, 11) is 0. The van der Waals surface area contributed by atoms with Crippen molar-refractivity contribution in [2.24, 2.45) is 0 Å². The van der Waals surface area contributed by atoms with Crippen molar-refractivity contribution >= 4 is 17.2 Å². The lowest BCUT2D eigenvalue weighted by molar-refractivity contribution is 0.117. The molecule has 5 nitrogen and oxygen atoms in total. The minimum Gasteiger partial charge on any atom is -0.378 e. The summed E-state index contributed by atoms with van der Waals surface area (Å²) in [6.07, 6.45) is 1.14. The molecule has 0 amide bonds. The molecule has 1 saturated heterocycles. The second-order valence-corrected chi connectivity index (χ2v) is 5.12. The van der Waals surface area contributed by atoms with Crippen LogP contribution in [-0.2, 0) is 4.74 Å². The van der Waals surface area contributed by atoms with E-state index in [0.717, 1.165) is 30.2 Å². The van der Waals surface area contributed by atoms with Gasteiger partial charge in [-0.05, 0) is 27.2 Å². The fourth-order valence-corrected chi connectivity index (χ4v) is 2.76. The first kappa shape index (κ1) is 11.9. The number of hydrogen-bond acceptors (Lipinski definition) is 4. The molecule has 2 aromatic rings. The molecule has 1 aliphatic heterocycles. The maximum absolute atomic E-state index is 6.13. The van der Waals surface area contributed by atoms with Gasteiger partial charge in [0, 0.05) is 18.2 Å². The van der Waals surface area contributed by atoms with E-state index in [4.69, 9.17) is 16.3 Å². The van der Waals surface area contributed by atoms with Gasteiger partial charge in [-0.2, -0.15) is 0 Å². The van der Waals surface area contributed by atoms with E-state index in [1.54, 1.807) is 0 Å². The third kappa shape index (κ3) is 1.61. The lowest BCUT2D eigenvalue weighted by Crippen LogP contribution is -2.14. The van der Waals surface area contributed by atoms with E-state index in [0.29, 0.717) is 10.8 Å². The van der Waals surface area contributed by atoms with Crippen molar-refractivity contribution in [2.75, 3.05) is 6.61 Å². The van der Waals surface area contributed by atoms with Crippen molar-refractivity contribution < 1.29 is 4.74 Å². The maximum atomic E-state index is 6.13. The van der Waals surface area contributed by atoms with Crippen LogP contribution in [0.4, 0.5) is 0 Å². The van der Waals surface area contributed by atoms with Crippen LogP contribution in [0.2, 0.25) is 5.15 Å². The Bertz CT molecular complexity index is 610. The van der Waals surface area contributed by atoms with Gasteiger partial charge < -0.3 is 4.74 Å². The van der Waals surface area contributed by atoms with Crippen LogP contribution < -0.4 is 0 Å². The van der Waals surface area contributed by atoms with Gasteiger partial charge in [-0.1, -0.05) is 11.6 Å². The zero-order valence-electron chi connectivity index (χ0n) is 10.6. The van der Waals surface area contributed by atoms with Crippen molar-refractivity contribution in [3.63, 3.8) is 0 Å². The molecule has 0 N–H and O–H groups in total. The average molecular weight is 267 g/mol. The Morgan fingerprint density at radius 3 is 2.78 bits per heavy atom. The third-order valence-corrected chi connectivity index (χ3v) is 3.96. The second kappa shape index (κ2) is 4.17. The standard InChI is InChI=1S/C12H15ClN4O/c1-6-7(2)17-11(9-4-5-18-8(9)3)15-16-12(17)10(13)14-6/h8-9H,4-5H2,1-3H3. The molecule has 3 heterocycles.